The lowest BCUT2D eigenvalue weighted by atomic mass is 10.0. The van der Waals surface area contributed by atoms with Crippen LogP contribution in [-0.4, -0.2) is 57.3 Å². The molecular weight excluding hydrogens is 476 g/mol. The largest absolute Gasteiger partial charge is 0.379 e. The summed E-state index contributed by atoms with van der Waals surface area (Å²) in [6.45, 7) is 6.27. The maximum absolute atomic E-state index is 13.2. The van der Waals surface area contributed by atoms with E-state index in [1.165, 1.54) is 5.56 Å². The molecule has 0 bridgehead atoms. The van der Waals surface area contributed by atoms with Gasteiger partial charge in [0.2, 0.25) is 0 Å². The topological polar surface area (TPSA) is 96.0 Å². The Labute approximate surface area is 220 Å². The quantitative estimate of drug-likeness (QED) is 0.335. The fourth-order valence-corrected chi connectivity index (χ4v) is 4.75. The number of hydrogen-bond donors (Lipinski definition) is 2. The van der Waals surface area contributed by atoms with Crippen molar-refractivity contribution in [1.29, 1.82) is 0 Å². The van der Waals surface area contributed by atoms with E-state index in [4.69, 9.17) is 4.74 Å². The molecule has 2 N–H and O–H groups in total. The minimum atomic E-state index is -0.294. The number of nitrogens with one attached hydrogen (secondary N) is 2. The molecule has 5 aromatic rings. The Morgan fingerprint density at radius 3 is 2.68 bits per heavy atom. The summed E-state index contributed by atoms with van der Waals surface area (Å²) in [5.74, 6) is -0.294. The number of H-pyrrole nitrogens is 1. The number of aromatic nitrogens is 4. The molecule has 1 amide bonds. The number of aromatic amines is 1. The van der Waals surface area contributed by atoms with Crippen molar-refractivity contribution in [2.24, 2.45) is 0 Å². The number of rotatable bonds is 6. The molecule has 1 aliphatic heterocycles. The third-order valence-electron chi connectivity index (χ3n) is 6.75. The van der Waals surface area contributed by atoms with Crippen LogP contribution in [0.5, 0.6) is 0 Å². The van der Waals surface area contributed by atoms with Gasteiger partial charge in [-0.25, -0.2) is 0 Å². The molecule has 0 spiro atoms. The van der Waals surface area contributed by atoms with Gasteiger partial charge in [-0.3, -0.25) is 24.8 Å². The van der Waals surface area contributed by atoms with Gasteiger partial charge in [-0.1, -0.05) is 29.8 Å². The molecule has 0 aliphatic carbocycles. The highest BCUT2D eigenvalue weighted by molar-refractivity contribution is 6.11. The van der Waals surface area contributed by atoms with Crippen molar-refractivity contribution in [2.75, 3.05) is 31.6 Å². The van der Waals surface area contributed by atoms with E-state index in [9.17, 15) is 4.79 Å². The summed E-state index contributed by atoms with van der Waals surface area (Å²) < 4.78 is 5.46. The Morgan fingerprint density at radius 2 is 1.87 bits per heavy atom. The lowest BCUT2D eigenvalue weighted by Gasteiger charge is -2.26. The number of nitrogens with zero attached hydrogens (tertiary/aromatic N) is 4. The predicted octanol–water partition coefficient (Wildman–Crippen LogP) is 5.08. The van der Waals surface area contributed by atoms with Crippen LogP contribution in [0.25, 0.3) is 33.3 Å². The van der Waals surface area contributed by atoms with Crippen LogP contribution in [0.3, 0.4) is 0 Å². The van der Waals surface area contributed by atoms with Crippen LogP contribution in [-0.2, 0) is 11.3 Å². The van der Waals surface area contributed by atoms with Gasteiger partial charge in [0.1, 0.15) is 0 Å². The average Bonchev–Trinajstić information content (AvgIpc) is 3.38. The normalized spacial score (nSPS) is 14.0. The van der Waals surface area contributed by atoms with Crippen molar-refractivity contribution in [3.8, 4) is 22.4 Å². The van der Waals surface area contributed by atoms with Crippen molar-refractivity contribution in [1.82, 2.24) is 25.1 Å². The Morgan fingerprint density at radius 1 is 0.974 bits per heavy atom. The van der Waals surface area contributed by atoms with Gasteiger partial charge in [-0.05, 0) is 54.4 Å². The minimum Gasteiger partial charge on any atom is -0.379 e. The number of ether oxygens (including phenoxy) is 1. The molecule has 3 aromatic heterocycles. The standard InChI is InChI=1S/C30H28N6O2/c1-20-3-2-4-23(13-20)27-8-6-25(18-32-27)33-30(37)29-26-15-22(5-7-28(26)34-35-29)24-14-21(16-31-17-24)19-36-9-11-38-12-10-36/h2-8,13-18H,9-12,19H2,1H3,(H,33,37)(H,34,35). The number of amides is 1. The van der Waals surface area contributed by atoms with E-state index in [0.717, 1.165) is 71.7 Å². The molecule has 1 saturated heterocycles. The van der Waals surface area contributed by atoms with Gasteiger partial charge < -0.3 is 10.1 Å². The van der Waals surface area contributed by atoms with Gasteiger partial charge in [-0.15, -0.1) is 0 Å². The number of carbonyl (C=O) groups is 1. The lowest BCUT2D eigenvalue weighted by molar-refractivity contribution is 0.0341. The summed E-state index contributed by atoms with van der Waals surface area (Å²) in [5.41, 5.74) is 7.94. The van der Waals surface area contributed by atoms with Crippen molar-refractivity contribution in [3.63, 3.8) is 0 Å². The first-order chi connectivity index (χ1) is 18.6. The van der Waals surface area contributed by atoms with Gasteiger partial charge in [0.15, 0.2) is 5.69 Å². The molecule has 0 radical (unpaired) electrons. The summed E-state index contributed by atoms with van der Waals surface area (Å²) in [7, 11) is 0. The number of morpholine rings is 1. The van der Waals surface area contributed by atoms with Crippen LogP contribution in [0, 0.1) is 6.92 Å². The SMILES string of the molecule is Cc1cccc(-c2ccc(NC(=O)c3n[nH]c4ccc(-c5cncc(CN6CCOCC6)c5)cc34)cn2)c1. The molecule has 0 unspecified atom stereocenters. The second-order valence-corrected chi connectivity index (χ2v) is 9.56. The smallest absolute Gasteiger partial charge is 0.276 e. The highest BCUT2D eigenvalue weighted by atomic mass is 16.5. The summed E-state index contributed by atoms with van der Waals surface area (Å²) in [6.07, 6.45) is 5.43. The van der Waals surface area contributed by atoms with Crippen LogP contribution >= 0.6 is 0 Å². The van der Waals surface area contributed by atoms with Gasteiger partial charge in [-0.2, -0.15) is 5.10 Å². The maximum Gasteiger partial charge on any atom is 0.276 e. The Kier molecular flexibility index (Phi) is 6.64. The zero-order valence-corrected chi connectivity index (χ0v) is 21.1. The zero-order chi connectivity index (χ0) is 25.9. The zero-order valence-electron chi connectivity index (χ0n) is 21.1. The number of fused-ring (bicyclic) bond motifs is 1. The third-order valence-corrected chi connectivity index (χ3v) is 6.75. The molecule has 38 heavy (non-hydrogen) atoms. The van der Waals surface area contributed by atoms with E-state index in [2.05, 4.69) is 55.5 Å². The monoisotopic (exact) mass is 504 g/mol. The van der Waals surface area contributed by atoms with Gasteiger partial charge in [0, 0.05) is 48.5 Å². The van der Waals surface area contributed by atoms with Crippen molar-refractivity contribution in [2.45, 2.75) is 13.5 Å². The molecule has 190 valence electrons. The summed E-state index contributed by atoms with van der Waals surface area (Å²) >= 11 is 0. The molecule has 2 aromatic carbocycles. The number of hydrogen-bond acceptors (Lipinski definition) is 6. The summed E-state index contributed by atoms with van der Waals surface area (Å²) in [6, 6.07) is 20.0. The highest BCUT2D eigenvalue weighted by Crippen LogP contribution is 2.27. The Hall–Kier alpha value is -4.40. The van der Waals surface area contributed by atoms with Crippen molar-refractivity contribution < 1.29 is 9.53 Å². The fraction of sp³-hybridized carbons (Fsp3) is 0.200. The molecule has 0 atom stereocenters. The highest BCUT2D eigenvalue weighted by Gasteiger charge is 2.16. The first-order valence-corrected chi connectivity index (χ1v) is 12.7. The van der Waals surface area contributed by atoms with Gasteiger partial charge in [0.25, 0.3) is 5.91 Å². The average molecular weight is 505 g/mol. The number of benzene rings is 2. The van der Waals surface area contributed by atoms with Gasteiger partial charge >= 0.3 is 0 Å². The summed E-state index contributed by atoms with van der Waals surface area (Å²) in [5, 5.41) is 11.0. The third kappa shape index (κ3) is 5.18. The molecule has 1 aliphatic rings. The van der Waals surface area contributed by atoms with Crippen LogP contribution in [0.1, 0.15) is 21.6 Å². The minimum absolute atomic E-state index is 0.294. The molecule has 8 nitrogen and oxygen atoms in total. The second kappa shape index (κ2) is 10.5. The van der Waals surface area contributed by atoms with Crippen molar-refractivity contribution in [3.05, 3.63) is 96.1 Å². The number of anilines is 1. The molecular formula is C30H28N6O2. The molecule has 8 heteroatoms. The summed E-state index contributed by atoms with van der Waals surface area (Å²) in [4.78, 5) is 24.5. The van der Waals surface area contributed by atoms with Crippen LogP contribution in [0.4, 0.5) is 5.69 Å². The lowest BCUT2D eigenvalue weighted by Crippen LogP contribution is -2.35. The second-order valence-electron chi connectivity index (χ2n) is 9.56. The van der Waals surface area contributed by atoms with Crippen molar-refractivity contribution >= 4 is 22.5 Å². The molecule has 6 rings (SSSR count). The van der Waals surface area contributed by atoms with E-state index < -0.39 is 0 Å². The first-order valence-electron chi connectivity index (χ1n) is 12.7. The van der Waals surface area contributed by atoms with E-state index in [1.54, 1.807) is 6.20 Å². The Balaban J connectivity index is 1.21. The van der Waals surface area contributed by atoms with Crippen LogP contribution < -0.4 is 5.32 Å². The van der Waals surface area contributed by atoms with E-state index in [0.29, 0.717) is 11.4 Å². The fourth-order valence-electron chi connectivity index (χ4n) is 4.75. The molecule has 4 heterocycles. The maximum atomic E-state index is 13.2. The van der Waals surface area contributed by atoms with Gasteiger partial charge in [0.05, 0.1) is 36.3 Å². The van der Waals surface area contributed by atoms with E-state index in [-0.39, 0.29) is 5.91 Å². The Bertz CT molecular complexity index is 1590. The number of aryl methyl sites for hydroxylation is 1. The van der Waals surface area contributed by atoms with Crippen LogP contribution in [0.2, 0.25) is 0 Å². The first kappa shape index (κ1) is 24.0. The molecule has 1 fully saturated rings. The number of pyridine rings is 2. The van der Waals surface area contributed by atoms with E-state index in [1.807, 2.05) is 54.9 Å². The number of carbonyl (C=O) groups excluding carboxylic acids is 1. The predicted molar refractivity (Wildman–Crippen MR) is 148 cm³/mol. The van der Waals surface area contributed by atoms with Crippen LogP contribution in [0.15, 0.2) is 79.3 Å². The van der Waals surface area contributed by atoms with E-state index >= 15 is 0 Å². The molecule has 0 saturated carbocycles.